The summed E-state index contributed by atoms with van der Waals surface area (Å²) in [5.74, 6) is 1.49. The molecule has 1 aliphatic rings. The van der Waals surface area contributed by atoms with Gasteiger partial charge in [0.1, 0.15) is 11.5 Å². The molecule has 0 aromatic carbocycles. The van der Waals surface area contributed by atoms with Crippen molar-refractivity contribution in [2.75, 3.05) is 0 Å². The Hall–Kier alpha value is -1.12. The Kier molecular flexibility index (Phi) is 2.89. The van der Waals surface area contributed by atoms with E-state index in [2.05, 4.69) is 5.16 Å². The SMILES string of the molecule is Cc1noc(C)c1CC1CCCCC1=O. The third-order valence-corrected chi connectivity index (χ3v) is 3.31. The molecule has 0 bridgehead atoms. The number of Topliss-reactive ketones (excluding diaryl/α,β-unsaturated/α-hetero) is 1. The van der Waals surface area contributed by atoms with Crippen LogP contribution in [-0.4, -0.2) is 10.9 Å². The summed E-state index contributed by atoms with van der Waals surface area (Å²) in [5, 5.41) is 3.92. The number of nitrogens with zero attached hydrogens (tertiary/aromatic N) is 1. The van der Waals surface area contributed by atoms with Crippen LogP contribution in [0.25, 0.3) is 0 Å². The Morgan fingerprint density at radius 3 is 2.80 bits per heavy atom. The van der Waals surface area contributed by atoms with Gasteiger partial charge in [-0.15, -0.1) is 0 Å². The van der Waals surface area contributed by atoms with E-state index in [0.717, 1.165) is 42.7 Å². The van der Waals surface area contributed by atoms with Crippen LogP contribution in [0.2, 0.25) is 0 Å². The van der Waals surface area contributed by atoms with E-state index in [-0.39, 0.29) is 5.92 Å². The fourth-order valence-electron chi connectivity index (χ4n) is 2.31. The lowest BCUT2D eigenvalue weighted by molar-refractivity contribution is -0.124. The third-order valence-electron chi connectivity index (χ3n) is 3.31. The molecule has 2 rings (SSSR count). The summed E-state index contributed by atoms with van der Waals surface area (Å²) >= 11 is 0. The molecule has 0 amide bonds. The lowest BCUT2D eigenvalue weighted by Gasteiger charge is -2.19. The summed E-state index contributed by atoms with van der Waals surface area (Å²) in [6.07, 6.45) is 4.85. The zero-order valence-electron chi connectivity index (χ0n) is 9.38. The molecule has 1 saturated carbocycles. The lowest BCUT2D eigenvalue weighted by Crippen LogP contribution is -2.21. The van der Waals surface area contributed by atoms with E-state index in [4.69, 9.17) is 4.52 Å². The van der Waals surface area contributed by atoms with Crippen LogP contribution in [0.5, 0.6) is 0 Å². The molecule has 0 spiro atoms. The molecule has 1 unspecified atom stereocenters. The van der Waals surface area contributed by atoms with Gasteiger partial charge in [-0.2, -0.15) is 0 Å². The van der Waals surface area contributed by atoms with Crippen LogP contribution in [0, 0.1) is 19.8 Å². The molecule has 0 radical (unpaired) electrons. The van der Waals surface area contributed by atoms with Crippen molar-refractivity contribution in [1.82, 2.24) is 5.16 Å². The van der Waals surface area contributed by atoms with Gasteiger partial charge >= 0.3 is 0 Å². The number of aromatic nitrogens is 1. The van der Waals surface area contributed by atoms with Crippen molar-refractivity contribution in [3.05, 3.63) is 17.0 Å². The second-order valence-corrected chi connectivity index (χ2v) is 4.42. The van der Waals surface area contributed by atoms with E-state index < -0.39 is 0 Å². The van der Waals surface area contributed by atoms with Gasteiger partial charge in [-0.05, 0) is 33.1 Å². The van der Waals surface area contributed by atoms with Crippen LogP contribution < -0.4 is 0 Å². The molecule has 3 nitrogen and oxygen atoms in total. The predicted molar refractivity (Wildman–Crippen MR) is 56.6 cm³/mol. The monoisotopic (exact) mass is 207 g/mol. The van der Waals surface area contributed by atoms with Crippen LogP contribution in [0.3, 0.4) is 0 Å². The van der Waals surface area contributed by atoms with E-state index in [1.165, 1.54) is 6.42 Å². The van der Waals surface area contributed by atoms with Crippen molar-refractivity contribution in [3.8, 4) is 0 Å². The predicted octanol–water partition coefficient (Wildman–Crippen LogP) is 2.59. The standard InChI is InChI=1S/C12H17NO2/c1-8-11(9(2)15-13-8)7-10-5-3-4-6-12(10)14/h10H,3-7H2,1-2H3. The molecule has 82 valence electrons. The Labute approximate surface area is 89.8 Å². The van der Waals surface area contributed by atoms with Gasteiger partial charge in [0.25, 0.3) is 0 Å². The average molecular weight is 207 g/mol. The molecule has 0 aliphatic heterocycles. The van der Waals surface area contributed by atoms with E-state index in [1.807, 2.05) is 13.8 Å². The summed E-state index contributed by atoms with van der Waals surface area (Å²) in [5.41, 5.74) is 2.07. The zero-order chi connectivity index (χ0) is 10.8. The Morgan fingerprint density at radius 2 is 2.20 bits per heavy atom. The lowest BCUT2D eigenvalue weighted by atomic mass is 9.83. The van der Waals surface area contributed by atoms with Crippen molar-refractivity contribution in [1.29, 1.82) is 0 Å². The quantitative estimate of drug-likeness (QED) is 0.748. The molecule has 15 heavy (non-hydrogen) atoms. The fraction of sp³-hybridized carbons (Fsp3) is 0.667. The Balaban J connectivity index is 2.10. The molecular formula is C12H17NO2. The van der Waals surface area contributed by atoms with Crippen molar-refractivity contribution >= 4 is 5.78 Å². The summed E-state index contributed by atoms with van der Waals surface area (Å²) in [6, 6.07) is 0. The van der Waals surface area contributed by atoms with Crippen molar-refractivity contribution < 1.29 is 9.32 Å². The summed E-state index contributed by atoms with van der Waals surface area (Å²) in [6.45, 7) is 3.86. The first-order valence-electron chi connectivity index (χ1n) is 5.63. The van der Waals surface area contributed by atoms with Gasteiger partial charge in [-0.25, -0.2) is 0 Å². The summed E-state index contributed by atoms with van der Waals surface area (Å²) in [7, 11) is 0. The van der Waals surface area contributed by atoms with Crippen LogP contribution >= 0.6 is 0 Å². The van der Waals surface area contributed by atoms with Crippen LogP contribution in [0.1, 0.15) is 42.7 Å². The normalized spacial score (nSPS) is 22.0. The molecule has 1 fully saturated rings. The molecule has 1 heterocycles. The Morgan fingerprint density at radius 1 is 1.40 bits per heavy atom. The maximum atomic E-state index is 11.7. The van der Waals surface area contributed by atoms with Crippen molar-refractivity contribution in [2.45, 2.75) is 46.0 Å². The molecule has 0 saturated heterocycles. The number of hydrogen-bond donors (Lipinski definition) is 0. The maximum Gasteiger partial charge on any atom is 0.137 e. The zero-order valence-corrected chi connectivity index (χ0v) is 9.38. The van der Waals surface area contributed by atoms with Gasteiger partial charge < -0.3 is 4.52 Å². The highest BCUT2D eigenvalue weighted by Crippen LogP contribution is 2.26. The highest BCUT2D eigenvalue weighted by atomic mass is 16.5. The number of ketones is 1. The smallest absolute Gasteiger partial charge is 0.137 e. The first-order valence-corrected chi connectivity index (χ1v) is 5.63. The molecule has 0 N–H and O–H groups in total. The van der Waals surface area contributed by atoms with Gasteiger partial charge in [-0.3, -0.25) is 4.79 Å². The molecule has 1 atom stereocenters. The van der Waals surface area contributed by atoms with Crippen molar-refractivity contribution in [3.63, 3.8) is 0 Å². The number of carbonyl (C=O) groups is 1. The fourth-order valence-corrected chi connectivity index (χ4v) is 2.31. The number of carbonyl (C=O) groups excluding carboxylic acids is 1. The van der Waals surface area contributed by atoms with Gasteiger partial charge in [0.2, 0.25) is 0 Å². The van der Waals surface area contributed by atoms with Gasteiger partial charge in [-0.1, -0.05) is 11.6 Å². The third kappa shape index (κ3) is 2.11. The molecule has 1 aromatic rings. The number of rotatable bonds is 2. The van der Waals surface area contributed by atoms with Gasteiger partial charge in [0.15, 0.2) is 0 Å². The van der Waals surface area contributed by atoms with E-state index in [1.54, 1.807) is 0 Å². The van der Waals surface area contributed by atoms with E-state index in [0.29, 0.717) is 5.78 Å². The minimum absolute atomic E-state index is 0.204. The Bertz CT molecular complexity index is 348. The first-order chi connectivity index (χ1) is 7.18. The summed E-state index contributed by atoms with van der Waals surface area (Å²) in [4.78, 5) is 11.7. The summed E-state index contributed by atoms with van der Waals surface area (Å²) < 4.78 is 5.11. The van der Waals surface area contributed by atoms with Crippen molar-refractivity contribution in [2.24, 2.45) is 5.92 Å². The van der Waals surface area contributed by atoms with Gasteiger partial charge in [0.05, 0.1) is 5.69 Å². The minimum atomic E-state index is 0.204. The largest absolute Gasteiger partial charge is 0.361 e. The van der Waals surface area contributed by atoms with E-state index in [9.17, 15) is 4.79 Å². The number of hydrogen-bond acceptors (Lipinski definition) is 3. The molecular weight excluding hydrogens is 190 g/mol. The molecule has 1 aromatic heterocycles. The second kappa shape index (κ2) is 4.17. The average Bonchev–Trinajstić information content (AvgIpc) is 2.53. The molecule has 1 aliphatic carbocycles. The molecule has 3 heteroatoms. The maximum absolute atomic E-state index is 11.7. The minimum Gasteiger partial charge on any atom is -0.361 e. The first kappa shape index (κ1) is 10.4. The van der Waals surface area contributed by atoms with Crippen LogP contribution in [0.4, 0.5) is 0 Å². The topological polar surface area (TPSA) is 43.1 Å². The second-order valence-electron chi connectivity index (χ2n) is 4.42. The highest BCUT2D eigenvalue weighted by molar-refractivity contribution is 5.81. The van der Waals surface area contributed by atoms with Crippen LogP contribution in [-0.2, 0) is 11.2 Å². The highest BCUT2D eigenvalue weighted by Gasteiger charge is 2.24. The van der Waals surface area contributed by atoms with Gasteiger partial charge in [0, 0.05) is 17.9 Å². The van der Waals surface area contributed by atoms with Crippen LogP contribution in [0.15, 0.2) is 4.52 Å². The van der Waals surface area contributed by atoms with E-state index >= 15 is 0 Å². The number of aryl methyl sites for hydroxylation is 2.